The van der Waals surface area contributed by atoms with Gasteiger partial charge in [0.15, 0.2) is 0 Å². The number of rotatable bonds is 4. The van der Waals surface area contributed by atoms with Gasteiger partial charge in [-0.25, -0.2) is 0 Å². The Labute approximate surface area is 119 Å². The van der Waals surface area contributed by atoms with Gasteiger partial charge in [0.2, 0.25) is 0 Å². The van der Waals surface area contributed by atoms with Crippen LogP contribution in [-0.2, 0) is 0 Å². The highest BCUT2D eigenvalue weighted by Gasteiger charge is 2.26. The first-order valence-electron chi connectivity index (χ1n) is 8.09. The zero-order valence-corrected chi connectivity index (χ0v) is 13.1. The molecule has 2 saturated heterocycles. The van der Waals surface area contributed by atoms with Crippen LogP contribution in [0.5, 0.6) is 0 Å². The Bertz CT molecular complexity index is 266. The molecule has 0 amide bonds. The Morgan fingerprint density at radius 1 is 1.05 bits per heavy atom. The summed E-state index contributed by atoms with van der Waals surface area (Å²) in [5.74, 6) is 1.73. The minimum absolute atomic E-state index is 0.553. The van der Waals surface area contributed by atoms with Gasteiger partial charge in [-0.2, -0.15) is 0 Å². The average Bonchev–Trinajstić information content (AvgIpc) is 2.30. The van der Waals surface area contributed by atoms with Gasteiger partial charge in [0, 0.05) is 19.6 Å². The van der Waals surface area contributed by atoms with Crippen molar-refractivity contribution in [3.05, 3.63) is 0 Å². The van der Waals surface area contributed by atoms with Gasteiger partial charge in [0.05, 0.1) is 5.60 Å². The second-order valence-corrected chi connectivity index (χ2v) is 7.54. The van der Waals surface area contributed by atoms with Crippen molar-refractivity contribution >= 4 is 0 Å². The third-order valence-corrected chi connectivity index (χ3v) is 4.61. The molecular formula is C16H32N2O. The first-order valence-corrected chi connectivity index (χ1v) is 8.09. The quantitative estimate of drug-likeness (QED) is 0.847. The number of hydrogen-bond donors (Lipinski definition) is 1. The van der Waals surface area contributed by atoms with Crippen LogP contribution in [0, 0.1) is 11.8 Å². The van der Waals surface area contributed by atoms with E-state index in [1.54, 1.807) is 0 Å². The lowest BCUT2D eigenvalue weighted by Crippen LogP contribution is -2.47. The molecule has 0 spiro atoms. The van der Waals surface area contributed by atoms with E-state index in [1.165, 1.54) is 51.9 Å². The van der Waals surface area contributed by atoms with E-state index in [-0.39, 0.29) is 0 Å². The van der Waals surface area contributed by atoms with Crippen molar-refractivity contribution in [1.29, 1.82) is 0 Å². The molecule has 0 aromatic carbocycles. The molecule has 0 aliphatic carbocycles. The van der Waals surface area contributed by atoms with E-state index in [4.69, 9.17) is 0 Å². The van der Waals surface area contributed by atoms with Crippen LogP contribution in [0.15, 0.2) is 0 Å². The summed E-state index contributed by atoms with van der Waals surface area (Å²) in [7, 11) is 0. The van der Waals surface area contributed by atoms with Gasteiger partial charge in [0.1, 0.15) is 0 Å². The molecule has 0 saturated carbocycles. The van der Waals surface area contributed by atoms with Gasteiger partial charge in [0.25, 0.3) is 0 Å². The van der Waals surface area contributed by atoms with Crippen LogP contribution in [0.2, 0.25) is 0 Å². The smallest absolute Gasteiger partial charge is 0.0718 e. The van der Waals surface area contributed by atoms with Crippen LogP contribution in [0.1, 0.15) is 46.5 Å². The average molecular weight is 268 g/mol. The molecule has 19 heavy (non-hydrogen) atoms. The summed E-state index contributed by atoms with van der Waals surface area (Å²) >= 11 is 0. The van der Waals surface area contributed by atoms with Crippen molar-refractivity contribution in [3.8, 4) is 0 Å². The normalized spacial score (nSPS) is 28.7. The molecule has 2 rings (SSSR count). The number of aliphatic hydroxyl groups is 1. The highest BCUT2D eigenvalue weighted by Crippen LogP contribution is 2.22. The van der Waals surface area contributed by atoms with Crippen LogP contribution in [0.3, 0.4) is 0 Å². The maximum Gasteiger partial charge on any atom is 0.0718 e. The summed E-state index contributed by atoms with van der Waals surface area (Å²) in [6.07, 6.45) is 5.42. The van der Waals surface area contributed by atoms with Crippen molar-refractivity contribution < 1.29 is 5.11 Å². The lowest BCUT2D eigenvalue weighted by Gasteiger charge is -2.39. The fourth-order valence-electron chi connectivity index (χ4n) is 3.60. The van der Waals surface area contributed by atoms with Crippen LogP contribution in [-0.4, -0.2) is 59.8 Å². The Morgan fingerprint density at radius 3 is 2.37 bits per heavy atom. The first-order chi connectivity index (χ1) is 8.92. The highest BCUT2D eigenvalue weighted by molar-refractivity contribution is 4.81. The van der Waals surface area contributed by atoms with Gasteiger partial charge >= 0.3 is 0 Å². The van der Waals surface area contributed by atoms with E-state index in [0.717, 1.165) is 24.9 Å². The molecule has 1 atom stereocenters. The summed E-state index contributed by atoms with van der Waals surface area (Å²) in [6.45, 7) is 13.2. The number of nitrogens with zero attached hydrogens (tertiary/aromatic N) is 2. The molecule has 0 aromatic heterocycles. The standard InChI is InChI=1S/C16H32N2O/c1-14-6-9-17(10-7-14)11-15-5-4-8-18(12-15)13-16(2,3)19/h14-15,19H,4-13H2,1-3H3. The maximum atomic E-state index is 9.95. The van der Waals surface area contributed by atoms with Crippen LogP contribution in [0.4, 0.5) is 0 Å². The van der Waals surface area contributed by atoms with Crippen molar-refractivity contribution in [2.24, 2.45) is 11.8 Å². The fourth-order valence-corrected chi connectivity index (χ4v) is 3.60. The summed E-state index contributed by atoms with van der Waals surface area (Å²) < 4.78 is 0. The molecule has 0 radical (unpaired) electrons. The zero-order chi connectivity index (χ0) is 13.9. The Hall–Kier alpha value is -0.120. The van der Waals surface area contributed by atoms with Crippen molar-refractivity contribution in [2.75, 3.05) is 39.3 Å². The molecule has 2 heterocycles. The molecule has 0 bridgehead atoms. The lowest BCUT2D eigenvalue weighted by atomic mass is 9.93. The summed E-state index contributed by atoms with van der Waals surface area (Å²) in [6, 6.07) is 0. The zero-order valence-electron chi connectivity index (χ0n) is 13.1. The third-order valence-electron chi connectivity index (χ3n) is 4.61. The Balaban J connectivity index is 1.75. The number of likely N-dealkylation sites (tertiary alicyclic amines) is 2. The lowest BCUT2D eigenvalue weighted by molar-refractivity contribution is 0.0165. The number of piperidine rings is 2. The van der Waals surface area contributed by atoms with Gasteiger partial charge in [-0.3, -0.25) is 0 Å². The second kappa shape index (κ2) is 6.55. The van der Waals surface area contributed by atoms with Gasteiger partial charge in [-0.05, 0) is 71.0 Å². The Morgan fingerprint density at radius 2 is 1.74 bits per heavy atom. The predicted molar refractivity (Wildman–Crippen MR) is 80.3 cm³/mol. The largest absolute Gasteiger partial charge is 0.389 e. The molecule has 2 aliphatic rings. The van der Waals surface area contributed by atoms with E-state index >= 15 is 0 Å². The Kier molecular flexibility index (Phi) is 5.27. The topological polar surface area (TPSA) is 26.7 Å². The van der Waals surface area contributed by atoms with Gasteiger partial charge in [-0.15, -0.1) is 0 Å². The molecule has 2 fully saturated rings. The SMILES string of the molecule is CC1CCN(CC2CCCN(CC(C)(C)O)C2)CC1. The van der Waals surface area contributed by atoms with Crippen LogP contribution in [0.25, 0.3) is 0 Å². The summed E-state index contributed by atoms with van der Waals surface area (Å²) in [5, 5.41) is 9.95. The van der Waals surface area contributed by atoms with E-state index < -0.39 is 5.60 Å². The molecule has 3 nitrogen and oxygen atoms in total. The molecule has 2 aliphatic heterocycles. The van der Waals surface area contributed by atoms with Crippen molar-refractivity contribution in [3.63, 3.8) is 0 Å². The van der Waals surface area contributed by atoms with Crippen LogP contribution < -0.4 is 0 Å². The third kappa shape index (κ3) is 5.41. The second-order valence-electron chi connectivity index (χ2n) is 7.54. The summed E-state index contributed by atoms with van der Waals surface area (Å²) in [4.78, 5) is 5.12. The van der Waals surface area contributed by atoms with Crippen molar-refractivity contribution in [2.45, 2.75) is 52.1 Å². The number of hydrogen-bond acceptors (Lipinski definition) is 3. The van der Waals surface area contributed by atoms with E-state index in [0.29, 0.717) is 0 Å². The van der Waals surface area contributed by atoms with E-state index in [2.05, 4.69) is 16.7 Å². The van der Waals surface area contributed by atoms with E-state index in [9.17, 15) is 5.11 Å². The monoisotopic (exact) mass is 268 g/mol. The molecule has 112 valence electrons. The van der Waals surface area contributed by atoms with Gasteiger partial charge in [-0.1, -0.05) is 6.92 Å². The van der Waals surface area contributed by atoms with Gasteiger partial charge < -0.3 is 14.9 Å². The minimum Gasteiger partial charge on any atom is -0.389 e. The first kappa shape index (κ1) is 15.3. The van der Waals surface area contributed by atoms with E-state index in [1.807, 2.05) is 13.8 Å². The summed E-state index contributed by atoms with van der Waals surface area (Å²) in [5.41, 5.74) is -0.553. The highest BCUT2D eigenvalue weighted by atomic mass is 16.3. The molecule has 1 unspecified atom stereocenters. The molecule has 3 heteroatoms. The molecule has 0 aromatic rings. The predicted octanol–water partition coefficient (Wildman–Crippen LogP) is 2.20. The fraction of sp³-hybridized carbons (Fsp3) is 1.00. The minimum atomic E-state index is -0.553. The molecular weight excluding hydrogens is 236 g/mol. The number of β-amino-alcohol motifs (C(OH)–C–C–N with tert-alkyl or cyclic N) is 1. The maximum absolute atomic E-state index is 9.95. The molecule has 1 N–H and O–H groups in total. The van der Waals surface area contributed by atoms with Crippen molar-refractivity contribution in [1.82, 2.24) is 9.80 Å². The van der Waals surface area contributed by atoms with Crippen LogP contribution >= 0.6 is 0 Å².